The van der Waals surface area contributed by atoms with E-state index in [0.29, 0.717) is 5.82 Å². The highest BCUT2D eigenvalue weighted by molar-refractivity contribution is 5.33. The number of rotatable bonds is 4. The molecule has 3 heteroatoms. The van der Waals surface area contributed by atoms with Crippen LogP contribution in [0.25, 0.3) is 0 Å². The zero-order valence-electron chi connectivity index (χ0n) is 11.5. The fourth-order valence-corrected chi connectivity index (χ4v) is 2.21. The van der Waals surface area contributed by atoms with Gasteiger partial charge in [-0.2, -0.15) is 0 Å². The van der Waals surface area contributed by atoms with Crippen molar-refractivity contribution in [1.29, 1.82) is 0 Å². The normalized spacial score (nSPS) is 13.2. The first-order chi connectivity index (χ1) is 9.00. The molecule has 4 N–H and O–H groups in total. The lowest BCUT2D eigenvalue weighted by Crippen LogP contribution is -2.42. The average Bonchev–Trinajstić information content (AvgIpc) is 2.39. The lowest BCUT2D eigenvalue weighted by atomic mass is 9.76. The van der Waals surface area contributed by atoms with Crippen molar-refractivity contribution in [2.24, 2.45) is 5.73 Å². The summed E-state index contributed by atoms with van der Waals surface area (Å²) in [6.45, 7) is 4.36. The molecule has 0 bridgehead atoms. The number of nitrogens with zero attached hydrogens (tertiary/aromatic N) is 1. The minimum atomic E-state index is -0.0840. The lowest BCUT2D eigenvalue weighted by molar-refractivity contribution is 0.406. The predicted molar refractivity (Wildman–Crippen MR) is 79.8 cm³/mol. The maximum absolute atomic E-state index is 6.40. The summed E-state index contributed by atoms with van der Waals surface area (Å²) in [6, 6.07) is 14.3. The average molecular weight is 255 g/mol. The second kappa shape index (κ2) is 5.41. The van der Waals surface area contributed by atoms with Crippen LogP contribution in [0.2, 0.25) is 0 Å². The minimum Gasteiger partial charge on any atom is -0.384 e. The summed E-state index contributed by atoms with van der Waals surface area (Å²) >= 11 is 0. The number of pyridine rings is 1. The van der Waals surface area contributed by atoms with Crippen LogP contribution in [0.3, 0.4) is 0 Å². The Bertz CT molecular complexity index is 535. The fraction of sp³-hybridized carbons (Fsp3) is 0.312. The van der Waals surface area contributed by atoms with Gasteiger partial charge < -0.3 is 11.5 Å². The Morgan fingerprint density at radius 2 is 1.84 bits per heavy atom. The van der Waals surface area contributed by atoms with Gasteiger partial charge in [0.2, 0.25) is 0 Å². The molecule has 0 saturated heterocycles. The summed E-state index contributed by atoms with van der Waals surface area (Å²) in [5, 5.41) is 0. The van der Waals surface area contributed by atoms with E-state index in [2.05, 4.69) is 31.0 Å². The summed E-state index contributed by atoms with van der Waals surface area (Å²) in [5.41, 5.74) is 14.4. The largest absolute Gasteiger partial charge is 0.384 e. The van der Waals surface area contributed by atoms with Crippen molar-refractivity contribution in [2.75, 3.05) is 5.73 Å². The van der Waals surface area contributed by atoms with Crippen molar-refractivity contribution in [2.45, 2.75) is 31.7 Å². The van der Waals surface area contributed by atoms with Crippen LogP contribution in [0.5, 0.6) is 0 Å². The van der Waals surface area contributed by atoms with E-state index in [1.54, 1.807) is 6.20 Å². The lowest BCUT2D eigenvalue weighted by Gasteiger charge is -2.32. The topological polar surface area (TPSA) is 64.9 Å². The molecule has 2 aromatic rings. The van der Waals surface area contributed by atoms with Crippen molar-refractivity contribution in [3.63, 3.8) is 0 Å². The smallest absolute Gasteiger partial charge is 0.123 e. The van der Waals surface area contributed by atoms with Crippen LogP contribution < -0.4 is 11.5 Å². The highest BCUT2D eigenvalue weighted by Gasteiger charge is 2.28. The molecule has 1 aromatic heterocycles. The van der Waals surface area contributed by atoms with Gasteiger partial charge in [0.1, 0.15) is 5.82 Å². The van der Waals surface area contributed by atoms with Crippen LogP contribution in [0.15, 0.2) is 48.7 Å². The van der Waals surface area contributed by atoms with Crippen LogP contribution in [0.4, 0.5) is 5.82 Å². The van der Waals surface area contributed by atoms with E-state index in [1.807, 2.05) is 30.3 Å². The third-order valence-corrected chi connectivity index (χ3v) is 3.75. The minimum absolute atomic E-state index is 0.0247. The maximum atomic E-state index is 6.40. The quantitative estimate of drug-likeness (QED) is 0.882. The highest BCUT2D eigenvalue weighted by Crippen LogP contribution is 2.27. The molecule has 1 unspecified atom stereocenters. The molecule has 0 radical (unpaired) electrons. The van der Waals surface area contributed by atoms with E-state index >= 15 is 0 Å². The number of nitrogens with two attached hydrogens (primary N) is 2. The van der Waals surface area contributed by atoms with Gasteiger partial charge in [-0.15, -0.1) is 0 Å². The number of hydrogen-bond donors (Lipinski definition) is 2. The van der Waals surface area contributed by atoms with Crippen LogP contribution in [-0.2, 0) is 11.8 Å². The standard InChI is InChI=1S/C16H21N3/c1-16(2,13-6-4-3-5-7-13)14(17)10-12-8-9-19-15(18)11-12/h3-9,11,14H,10,17H2,1-2H3,(H2,18,19). The number of hydrogen-bond acceptors (Lipinski definition) is 3. The second-order valence-corrected chi connectivity index (χ2v) is 5.49. The van der Waals surface area contributed by atoms with Crippen molar-refractivity contribution < 1.29 is 0 Å². The molecular weight excluding hydrogens is 234 g/mol. The molecule has 19 heavy (non-hydrogen) atoms. The first kappa shape index (κ1) is 13.6. The molecule has 0 aliphatic carbocycles. The van der Waals surface area contributed by atoms with E-state index < -0.39 is 0 Å². The fourth-order valence-electron chi connectivity index (χ4n) is 2.21. The van der Waals surface area contributed by atoms with Crippen LogP contribution in [0.1, 0.15) is 25.0 Å². The number of aromatic nitrogens is 1. The van der Waals surface area contributed by atoms with E-state index in [-0.39, 0.29) is 11.5 Å². The summed E-state index contributed by atoms with van der Waals surface area (Å²) in [5.74, 6) is 0.544. The van der Waals surface area contributed by atoms with Gasteiger partial charge in [-0.25, -0.2) is 4.98 Å². The molecule has 0 spiro atoms. The second-order valence-electron chi connectivity index (χ2n) is 5.49. The number of benzene rings is 1. The third-order valence-electron chi connectivity index (χ3n) is 3.75. The van der Waals surface area contributed by atoms with Gasteiger partial charge >= 0.3 is 0 Å². The SMILES string of the molecule is CC(C)(c1ccccc1)C(N)Cc1ccnc(N)c1. The van der Waals surface area contributed by atoms with Gasteiger partial charge in [0, 0.05) is 17.7 Å². The predicted octanol–water partition coefficient (Wildman–Crippen LogP) is 2.51. The van der Waals surface area contributed by atoms with Gasteiger partial charge in [-0.1, -0.05) is 44.2 Å². The van der Waals surface area contributed by atoms with Gasteiger partial charge in [-0.05, 0) is 29.7 Å². The van der Waals surface area contributed by atoms with E-state index in [4.69, 9.17) is 11.5 Å². The molecule has 2 rings (SSSR count). The maximum Gasteiger partial charge on any atom is 0.123 e. The Kier molecular flexibility index (Phi) is 3.86. The van der Waals surface area contributed by atoms with Gasteiger partial charge in [-0.3, -0.25) is 0 Å². The molecular formula is C16H21N3. The van der Waals surface area contributed by atoms with Crippen LogP contribution in [0, 0.1) is 0 Å². The number of nitrogen functional groups attached to an aromatic ring is 1. The molecule has 0 saturated carbocycles. The first-order valence-corrected chi connectivity index (χ1v) is 6.51. The van der Waals surface area contributed by atoms with Gasteiger partial charge in [0.25, 0.3) is 0 Å². The van der Waals surface area contributed by atoms with Crippen molar-refractivity contribution >= 4 is 5.82 Å². The van der Waals surface area contributed by atoms with Crippen molar-refractivity contribution in [3.05, 3.63) is 59.8 Å². The molecule has 0 aliphatic rings. The van der Waals surface area contributed by atoms with E-state index in [1.165, 1.54) is 5.56 Å². The monoisotopic (exact) mass is 255 g/mol. The zero-order chi connectivity index (χ0) is 13.9. The van der Waals surface area contributed by atoms with Gasteiger partial charge in [0.05, 0.1) is 0 Å². The molecule has 3 nitrogen and oxygen atoms in total. The molecule has 1 atom stereocenters. The van der Waals surface area contributed by atoms with Gasteiger partial charge in [0.15, 0.2) is 0 Å². The van der Waals surface area contributed by atoms with Crippen LogP contribution in [-0.4, -0.2) is 11.0 Å². The summed E-state index contributed by atoms with van der Waals surface area (Å²) in [4.78, 5) is 4.00. The Hall–Kier alpha value is -1.87. The Labute approximate surface area is 114 Å². The molecule has 0 fully saturated rings. The van der Waals surface area contributed by atoms with E-state index in [9.17, 15) is 0 Å². The summed E-state index contributed by atoms with van der Waals surface area (Å²) in [6.07, 6.45) is 2.52. The van der Waals surface area contributed by atoms with Crippen molar-refractivity contribution in [1.82, 2.24) is 4.98 Å². The summed E-state index contributed by atoms with van der Waals surface area (Å²) < 4.78 is 0. The third kappa shape index (κ3) is 3.12. The first-order valence-electron chi connectivity index (χ1n) is 6.51. The molecule has 1 heterocycles. The zero-order valence-corrected chi connectivity index (χ0v) is 11.5. The summed E-state index contributed by atoms with van der Waals surface area (Å²) in [7, 11) is 0. The Morgan fingerprint density at radius 3 is 2.47 bits per heavy atom. The number of anilines is 1. The Morgan fingerprint density at radius 1 is 1.16 bits per heavy atom. The van der Waals surface area contributed by atoms with E-state index in [0.717, 1.165) is 12.0 Å². The molecule has 100 valence electrons. The molecule has 0 aliphatic heterocycles. The van der Waals surface area contributed by atoms with Crippen molar-refractivity contribution in [3.8, 4) is 0 Å². The highest BCUT2D eigenvalue weighted by atomic mass is 14.8. The molecule has 0 amide bonds. The Balaban J connectivity index is 2.17. The van der Waals surface area contributed by atoms with Crippen LogP contribution >= 0.6 is 0 Å². The molecule has 1 aromatic carbocycles.